The van der Waals surface area contributed by atoms with Crippen molar-refractivity contribution < 1.29 is 23.8 Å². The van der Waals surface area contributed by atoms with Crippen LogP contribution in [0.15, 0.2) is 54.1 Å². The molecule has 0 aliphatic rings. The highest BCUT2D eigenvalue weighted by atomic mass is 16.5. The van der Waals surface area contributed by atoms with E-state index in [9.17, 15) is 14.9 Å². The van der Waals surface area contributed by atoms with Crippen LogP contribution in [-0.2, 0) is 19.7 Å². The van der Waals surface area contributed by atoms with E-state index in [1.54, 1.807) is 24.3 Å². The molecule has 180 valence electrons. The van der Waals surface area contributed by atoms with Crippen LogP contribution in [0.5, 0.6) is 11.5 Å². The molecule has 0 atom stereocenters. The molecule has 34 heavy (non-hydrogen) atoms. The zero-order valence-corrected chi connectivity index (χ0v) is 20.2. The van der Waals surface area contributed by atoms with Gasteiger partial charge in [-0.15, -0.1) is 0 Å². The quantitative estimate of drug-likeness (QED) is 0.174. The molecule has 2 aromatic carbocycles. The summed E-state index contributed by atoms with van der Waals surface area (Å²) in [5, 5.41) is 11.8. The molecule has 7 heteroatoms. The number of carbonyl (C=O) groups is 2. The van der Waals surface area contributed by atoms with E-state index in [2.05, 4.69) is 38.2 Å². The number of esters is 1. The molecular formula is C27H32N2O5. The second kappa shape index (κ2) is 13.2. The number of benzene rings is 2. The van der Waals surface area contributed by atoms with Gasteiger partial charge in [0.2, 0.25) is 0 Å². The number of nitrogens with one attached hydrogen (secondary N) is 1. The first-order valence-electron chi connectivity index (χ1n) is 11.2. The predicted molar refractivity (Wildman–Crippen MR) is 130 cm³/mol. The Bertz CT molecular complexity index is 1010. The third-order valence-electron chi connectivity index (χ3n) is 4.89. The molecule has 2 aromatic rings. The molecule has 0 saturated heterocycles. The number of ether oxygens (including phenoxy) is 3. The van der Waals surface area contributed by atoms with Crippen molar-refractivity contribution in [2.75, 3.05) is 26.9 Å². The van der Waals surface area contributed by atoms with Gasteiger partial charge in [0.15, 0.2) is 0 Å². The lowest BCUT2D eigenvalue weighted by Crippen LogP contribution is -2.27. The second-order valence-corrected chi connectivity index (χ2v) is 8.69. The maximum Gasteiger partial charge on any atom is 0.311 e. The van der Waals surface area contributed by atoms with Crippen molar-refractivity contribution in [3.8, 4) is 17.6 Å². The fourth-order valence-electron chi connectivity index (χ4n) is 2.95. The van der Waals surface area contributed by atoms with Crippen molar-refractivity contribution in [1.29, 1.82) is 5.26 Å². The molecule has 0 bridgehead atoms. The molecule has 0 spiro atoms. The van der Waals surface area contributed by atoms with E-state index in [4.69, 9.17) is 14.2 Å². The normalized spacial score (nSPS) is 11.4. The lowest BCUT2D eigenvalue weighted by atomic mass is 9.87. The molecule has 0 aliphatic carbocycles. The molecule has 2 rings (SSSR count). The average Bonchev–Trinajstić information content (AvgIpc) is 2.81. The Labute approximate surface area is 201 Å². The summed E-state index contributed by atoms with van der Waals surface area (Å²) in [6.45, 7) is 7.57. The first-order valence-corrected chi connectivity index (χ1v) is 11.2. The average molecular weight is 465 g/mol. The van der Waals surface area contributed by atoms with E-state index >= 15 is 0 Å². The standard InChI is InChI=1S/C27H32N2O5/c1-27(2,3)22-9-13-23(14-10-22)33-16-5-6-25(30)34-24-11-7-20(8-12-24)18-21(19-28)26(31)29-15-17-32-4/h7-14,18H,5-6,15-17H2,1-4H3,(H,29,31)/b21-18+. The number of amides is 1. The Hall–Kier alpha value is -3.63. The molecule has 0 saturated carbocycles. The molecular weight excluding hydrogens is 432 g/mol. The third kappa shape index (κ3) is 9.08. The molecule has 1 N–H and O–H groups in total. The molecule has 1 amide bonds. The van der Waals surface area contributed by atoms with Crippen LogP contribution in [0, 0.1) is 11.3 Å². The lowest BCUT2D eigenvalue weighted by Gasteiger charge is -2.19. The van der Waals surface area contributed by atoms with Crippen LogP contribution in [0.25, 0.3) is 6.08 Å². The SMILES string of the molecule is COCCNC(=O)/C(C#N)=C/c1ccc(OC(=O)CCCOc2ccc(C(C)(C)C)cc2)cc1. The first-order chi connectivity index (χ1) is 16.2. The van der Waals surface area contributed by atoms with Crippen LogP contribution in [0.4, 0.5) is 0 Å². The van der Waals surface area contributed by atoms with Gasteiger partial charge >= 0.3 is 5.97 Å². The molecule has 0 unspecified atom stereocenters. The third-order valence-corrected chi connectivity index (χ3v) is 4.89. The van der Waals surface area contributed by atoms with Gasteiger partial charge in [-0.1, -0.05) is 45.0 Å². The Morgan fingerprint density at radius 3 is 2.24 bits per heavy atom. The fourth-order valence-corrected chi connectivity index (χ4v) is 2.95. The minimum atomic E-state index is -0.470. The molecule has 0 aliphatic heterocycles. The second-order valence-electron chi connectivity index (χ2n) is 8.69. The molecule has 0 radical (unpaired) electrons. The maximum absolute atomic E-state index is 12.1. The van der Waals surface area contributed by atoms with Gasteiger partial charge < -0.3 is 19.5 Å². The fraction of sp³-hybridized carbons (Fsp3) is 0.370. The van der Waals surface area contributed by atoms with Crippen molar-refractivity contribution in [2.45, 2.75) is 39.0 Å². The number of hydrogen-bond acceptors (Lipinski definition) is 6. The highest BCUT2D eigenvalue weighted by molar-refractivity contribution is 6.01. The van der Waals surface area contributed by atoms with Gasteiger partial charge in [-0.05, 0) is 53.3 Å². The Morgan fingerprint density at radius 1 is 1.00 bits per heavy atom. The zero-order chi connectivity index (χ0) is 25.0. The largest absolute Gasteiger partial charge is 0.494 e. The topological polar surface area (TPSA) is 97.6 Å². The predicted octanol–water partition coefficient (Wildman–Crippen LogP) is 4.42. The number of rotatable bonds is 11. The van der Waals surface area contributed by atoms with Crippen LogP contribution >= 0.6 is 0 Å². The van der Waals surface area contributed by atoms with Crippen molar-refractivity contribution in [3.63, 3.8) is 0 Å². The summed E-state index contributed by atoms with van der Waals surface area (Å²) < 4.78 is 15.9. The number of methoxy groups -OCH3 is 1. The molecule has 0 fully saturated rings. The van der Waals surface area contributed by atoms with Crippen LogP contribution < -0.4 is 14.8 Å². The van der Waals surface area contributed by atoms with Crippen molar-refractivity contribution >= 4 is 18.0 Å². The summed E-state index contributed by atoms with van der Waals surface area (Å²) in [6.07, 6.45) is 2.23. The summed E-state index contributed by atoms with van der Waals surface area (Å²) in [6, 6.07) is 16.5. The monoisotopic (exact) mass is 464 g/mol. The Morgan fingerprint density at radius 2 is 1.65 bits per heavy atom. The van der Waals surface area contributed by atoms with Crippen molar-refractivity contribution in [1.82, 2.24) is 5.32 Å². The Kier molecular flexibility index (Phi) is 10.3. The zero-order valence-electron chi connectivity index (χ0n) is 20.2. The number of nitriles is 1. The maximum atomic E-state index is 12.1. The van der Waals surface area contributed by atoms with E-state index in [1.807, 2.05) is 18.2 Å². The summed E-state index contributed by atoms with van der Waals surface area (Å²) in [7, 11) is 1.53. The van der Waals surface area contributed by atoms with Gasteiger partial charge in [0.1, 0.15) is 23.1 Å². The van der Waals surface area contributed by atoms with Gasteiger partial charge in [0, 0.05) is 20.1 Å². The van der Waals surface area contributed by atoms with E-state index in [-0.39, 0.29) is 23.4 Å². The van der Waals surface area contributed by atoms with E-state index < -0.39 is 5.91 Å². The smallest absolute Gasteiger partial charge is 0.311 e. The summed E-state index contributed by atoms with van der Waals surface area (Å²) in [5.41, 5.74) is 1.95. The van der Waals surface area contributed by atoms with Gasteiger partial charge in [-0.3, -0.25) is 9.59 Å². The molecule has 0 heterocycles. The summed E-state index contributed by atoms with van der Waals surface area (Å²) in [5.74, 6) is 0.339. The van der Waals surface area contributed by atoms with Crippen molar-refractivity contribution in [2.24, 2.45) is 0 Å². The minimum Gasteiger partial charge on any atom is -0.494 e. The van der Waals surface area contributed by atoms with Crippen LogP contribution in [0.3, 0.4) is 0 Å². The van der Waals surface area contributed by atoms with E-state index in [1.165, 1.54) is 18.7 Å². The van der Waals surface area contributed by atoms with Gasteiger partial charge in [0.25, 0.3) is 5.91 Å². The Balaban J connectivity index is 1.78. The number of hydrogen-bond donors (Lipinski definition) is 1. The molecule has 7 nitrogen and oxygen atoms in total. The number of nitrogens with zero attached hydrogens (tertiary/aromatic N) is 1. The lowest BCUT2D eigenvalue weighted by molar-refractivity contribution is -0.134. The van der Waals surface area contributed by atoms with Crippen LogP contribution in [0.2, 0.25) is 0 Å². The molecule has 0 aromatic heterocycles. The van der Waals surface area contributed by atoms with E-state index in [0.717, 1.165) is 5.75 Å². The van der Waals surface area contributed by atoms with Crippen molar-refractivity contribution in [3.05, 3.63) is 65.2 Å². The van der Waals surface area contributed by atoms with Crippen LogP contribution in [0.1, 0.15) is 44.7 Å². The van der Waals surface area contributed by atoms with Crippen LogP contribution in [-0.4, -0.2) is 38.7 Å². The van der Waals surface area contributed by atoms with Gasteiger partial charge in [0.05, 0.1) is 13.2 Å². The van der Waals surface area contributed by atoms with Gasteiger partial charge in [-0.25, -0.2) is 0 Å². The highest BCUT2D eigenvalue weighted by Gasteiger charge is 2.13. The van der Waals surface area contributed by atoms with Gasteiger partial charge in [-0.2, -0.15) is 5.26 Å². The van der Waals surface area contributed by atoms with E-state index in [0.29, 0.717) is 37.5 Å². The summed E-state index contributed by atoms with van der Waals surface area (Å²) in [4.78, 5) is 24.1. The number of carbonyl (C=O) groups excluding carboxylic acids is 2. The first kappa shape index (κ1) is 26.6. The minimum absolute atomic E-state index is 0.0195. The highest BCUT2D eigenvalue weighted by Crippen LogP contribution is 2.24. The summed E-state index contributed by atoms with van der Waals surface area (Å²) >= 11 is 0.